The first-order valence-electron chi connectivity index (χ1n) is 5.81. The van der Waals surface area contributed by atoms with Crippen molar-refractivity contribution in [2.24, 2.45) is 0 Å². The summed E-state index contributed by atoms with van der Waals surface area (Å²) in [5, 5.41) is 11.1. The van der Waals surface area contributed by atoms with Crippen molar-refractivity contribution in [2.45, 2.75) is 18.9 Å². The number of hydrogen-bond donors (Lipinski definition) is 1. The van der Waals surface area contributed by atoms with Gasteiger partial charge in [-0.25, -0.2) is 4.39 Å². The number of hydrogen-bond acceptors (Lipinski definition) is 1. The standard InChI is InChI=1S/C15H13BrClFO/c1-15(19,9-10-3-2-4-12(18)7-10)13-6-5-11(16)8-14(13)17/h2-8,19H,9H2,1H3. The Hall–Kier alpha value is -0.900. The van der Waals surface area contributed by atoms with E-state index in [2.05, 4.69) is 15.9 Å². The quantitative estimate of drug-likeness (QED) is 0.857. The minimum Gasteiger partial charge on any atom is -0.385 e. The van der Waals surface area contributed by atoms with Gasteiger partial charge in [-0.1, -0.05) is 45.7 Å². The Morgan fingerprint density at radius 1 is 1.26 bits per heavy atom. The van der Waals surface area contributed by atoms with Gasteiger partial charge >= 0.3 is 0 Å². The highest BCUT2D eigenvalue weighted by atomic mass is 79.9. The fraction of sp³-hybridized carbons (Fsp3) is 0.200. The SMILES string of the molecule is CC(O)(Cc1cccc(F)c1)c1ccc(Br)cc1Cl. The third-order valence-electron chi connectivity index (χ3n) is 2.95. The Balaban J connectivity index is 2.31. The van der Waals surface area contributed by atoms with Crippen molar-refractivity contribution in [2.75, 3.05) is 0 Å². The van der Waals surface area contributed by atoms with Crippen molar-refractivity contribution in [3.63, 3.8) is 0 Å². The van der Waals surface area contributed by atoms with E-state index < -0.39 is 5.60 Å². The summed E-state index contributed by atoms with van der Waals surface area (Å²) < 4.78 is 14.0. The van der Waals surface area contributed by atoms with Gasteiger partial charge in [0, 0.05) is 21.5 Å². The molecule has 2 rings (SSSR count). The molecule has 1 atom stereocenters. The minimum absolute atomic E-state index is 0.298. The first-order valence-corrected chi connectivity index (χ1v) is 6.98. The largest absolute Gasteiger partial charge is 0.385 e. The van der Waals surface area contributed by atoms with Crippen molar-refractivity contribution in [3.05, 3.63) is 68.9 Å². The Kier molecular flexibility index (Phi) is 4.29. The van der Waals surface area contributed by atoms with Crippen molar-refractivity contribution in [3.8, 4) is 0 Å². The summed E-state index contributed by atoms with van der Waals surface area (Å²) in [6.45, 7) is 1.67. The first kappa shape index (κ1) is 14.5. The van der Waals surface area contributed by atoms with E-state index >= 15 is 0 Å². The molecule has 0 spiro atoms. The molecule has 2 aromatic carbocycles. The third-order valence-corrected chi connectivity index (χ3v) is 3.75. The van der Waals surface area contributed by atoms with Gasteiger partial charge in [-0.15, -0.1) is 0 Å². The molecule has 0 bridgehead atoms. The molecule has 4 heteroatoms. The van der Waals surface area contributed by atoms with E-state index in [-0.39, 0.29) is 5.82 Å². The zero-order valence-corrected chi connectivity index (χ0v) is 12.7. The molecule has 0 saturated heterocycles. The van der Waals surface area contributed by atoms with Crippen LogP contribution >= 0.6 is 27.5 Å². The number of halogens is 3. The molecule has 1 unspecified atom stereocenters. The van der Waals surface area contributed by atoms with E-state index in [0.29, 0.717) is 17.0 Å². The molecule has 100 valence electrons. The van der Waals surface area contributed by atoms with Crippen LogP contribution in [0, 0.1) is 5.82 Å². The molecule has 2 aromatic rings. The lowest BCUT2D eigenvalue weighted by molar-refractivity contribution is 0.0577. The molecule has 0 aliphatic carbocycles. The summed E-state index contributed by atoms with van der Waals surface area (Å²) in [4.78, 5) is 0. The highest BCUT2D eigenvalue weighted by molar-refractivity contribution is 9.10. The topological polar surface area (TPSA) is 20.2 Å². The maximum Gasteiger partial charge on any atom is 0.123 e. The first-order chi connectivity index (χ1) is 8.88. The van der Waals surface area contributed by atoms with Crippen molar-refractivity contribution < 1.29 is 9.50 Å². The van der Waals surface area contributed by atoms with Gasteiger partial charge in [0.2, 0.25) is 0 Å². The molecule has 0 aliphatic heterocycles. The lowest BCUT2D eigenvalue weighted by Crippen LogP contribution is -2.24. The molecule has 0 saturated carbocycles. The normalized spacial score (nSPS) is 14.2. The van der Waals surface area contributed by atoms with Gasteiger partial charge < -0.3 is 5.11 Å². The summed E-state index contributed by atoms with van der Waals surface area (Å²) in [6.07, 6.45) is 0.298. The summed E-state index contributed by atoms with van der Waals surface area (Å²) in [5.41, 5.74) is 0.205. The Morgan fingerprint density at radius 3 is 2.63 bits per heavy atom. The molecule has 1 nitrogen and oxygen atoms in total. The maximum atomic E-state index is 13.2. The van der Waals surface area contributed by atoms with Crippen LogP contribution in [0.4, 0.5) is 4.39 Å². The fourth-order valence-corrected chi connectivity index (χ4v) is 2.94. The van der Waals surface area contributed by atoms with Crippen molar-refractivity contribution in [1.29, 1.82) is 0 Å². The highest BCUT2D eigenvalue weighted by Crippen LogP contribution is 2.32. The molecule has 0 aliphatic rings. The Bertz CT molecular complexity index is 598. The molecular weight excluding hydrogens is 331 g/mol. The second kappa shape index (κ2) is 5.61. The fourth-order valence-electron chi connectivity index (χ4n) is 2.07. The predicted molar refractivity (Wildman–Crippen MR) is 78.8 cm³/mol. The van der Waals surface area contributed by atoms with Gasteiger partial charge in [-0.3, -0.25) is 0 Å². The van der Waals surface area contributed by atoms with Gasteiger partial charge in [0.1, 0.15) is 5.82 Å². The smallest absolute Gasteiger partial charge is 0.123 e. The maximum absolute atomic E-state index is 13.2. The van der Waals surface area contributed by atoms with E-state index in [9.17, 15) is 9.50 Å². The van der Waals surface area contributed by atoms with Gasteiger partial charge in [-0.05, 0) is 36.8 Å². The molecule has 19 heavy (non-hydrogen) atoms. The summed E-state index contributed by atoms with van der Waals surface area (Å²) in [5.74, 6) is -0.310. The number of benzene rings is 2. The van der Waals surface area contributed by atoms with Crippen LogP contribution in [0.2, 0.25) is 5.02 Å². The molecule has 1 N–H and O–H groups in total. The average molecular weight is 344 g/mol. The van der Waals surface area contributed by atoms with Gasteiger partial charge in [0.25, 0.3) is 0 Å². The Labute approximate surface area is 125 Å². The van der Waals surface area contributed by atoms with Crippen LogP contribution in [0.5, 0.6) is 0 Å². The van der Waals surface area contributed by atoms with E-state index in [4.69, 9.17) is 11.6 Å². The summed E-state index contributed by atoms with van der Waals surface area (Å²) >= 11 is 9.47. The second-order valence-corrected chi connectivity index (χ2v) is 6.03. The van der Waals surface area contributed by atoms with Crippen LogP contribution < -0.4 is 0 Å². The molecule has 0 heterocycles. The van der Waals surface area contributed by atoms with Gasteiger partial charge in [0.05, 0.1) is 5.60 Å². The molecule has 0 amide bonds. The van der Waals surface area contributed by atoms with E-state index in [1.54, 1.807) is 31.2 Å². The third kappa shape index (κ3) is 3.56. The van der Waals surface area contributed by atoms with E-state index in [1.807, 2.05) is 6.07 Å². The molecule has 0 fully saturated rings. The number of rotatable bonds is 3. The molecule has 0 aromatic heterocycles. The lowest BCUT2D eigenvalue weighted by atomic mass is 9.89. The van der Waals surface area contributed by atoms with Crippen molar-refractivity contribution in [1.82, 2.24) is 0 Å². The van der Waals surface area contributed by atoms with Crippen LogP contribution in [-0.2, 0) is 12.0 Å². The monoisotopic (exact) mass is 342 g/mol. The second-order valence-electron chi connectivity index (χ2n) is 4.70. The number of aliphatic hydroxyl groups is 1. The zero-order valence-electron chi connectivity index (χ0n) is 10.3. The summed E-state index contributed by atoms with van der Waals surface area (Å²) in [6, 6.07) is 11.5. The Morgan fingerprint density at radius 2 is 2.00 bits per heavy atom. The minimum atomic E-state index is -1.15. The van der Waals surface area contributed by atoms with E-state index in [0.717, 1.165) is 10.0 Å². The van der Waals surface area contributed by atoms with Crippen LogP contribution in [0.25, 0.3) is 0 Å². The molecular formula is C15H13BrClFO. The average Bonchev–Trinajstić information content (AvgIpc) is 2.27. The van der Waals surface area contributed by atoms with Crippen LogP contribution in [0.3, 0.4) is 0 Å². The predicted octanol–water partition coefficient (Wildman–Crippen LogP) is 4.69. The van der Waals surface area contributed by atoms with E-state index in [1.165, 1.54) is 12.1 Å². The highest BCUT2D eigenvalue weighted by Gasteiger charge is 2.26. The van der Waals surface area contributed by atoms with Crippen LogP contribution in [-0.4, -0.2) is 5.11 Å². The van der Waals surface area contributed by atoms with Gasteiger partial charge in [-0.2, -0.15) is 0 Å². The summed E-state index contributed by atoms with van der Waals surface area (Å²) in [7, 11) is 0. The molecule has 0 radical (unpaired) electrons. The zero-order chi connectivity index (χ0) is 14.0. The van der Waals surface area contributed by atoms with Gasteiger partial charge in [0.15, 0.2) is 0 Å². The van der Waals surface area contributed by atoms with Crippen LogP contribution in [0.1, 0.15) is 18.1 Å². The lowest BCUT2D eigenvalue weighted by Gasteiger charge is -2.25. The van der Waals surface area contributed by atoms with Crippen LogP contribution in [0.15, 0.2) is 46.9 Å². The van der Waals surface area contributed by atoms with Crippen molar-refractivity contribution >= 4 is 27.5 Å².